The lowest BCUT2D eigenvalue weighted by Crippen LogP contribution is -2.35. The van der Waals surface area contributed by atoms with Crippen molar-refractivity contribution in [2.75, 3.05) is 13.6 Å². The number of benzene rings is 1. The number of carbonyl (C=O) groups is 1. The SMILES string of the molecule is CNC(=O)CN1Cc2ccc(F)cc2C1=N. The number of fused-ring (bicyclic) bond motifs is 1. The van der Waals surface area contributed by atoms with Gasteiger partial charge in [0.05, 0.1) is 6.54 Å². The first kappa shape index (κ1) is 10.6. The predicted octanol–water partition coefficient (Wildman–Crippen LogP) is 0.713. The fraction of sp³-hybridized carbons (Fsp3) is 0.273. The van der Waals surface area contributed by atoms with E-state index in [0.29, 0.717) is 12.1 Å². The molecule has 0 bridgehead atoms. The van der Waals surface area contributed by atoms with Crippen molar-refractivity contribution in [3.8, 4) is 0 Å². The van der Waals surface area contributed by atoms with Crippen molar-refractivity contribution < 1.29 is 9.18 Å². The molecule has 1 heterocycles. The van der Waals surface area contributed by atoms with E-state index in [4.69, 9.17) is 5.41 Å². The average Bonchev–Trinajstić information content (AvgIpc) is 2.56. The summed E-state index contributed by atoms with van der Waals surface area (Å²) < 4.78 is 13.0. The minimum Gasteiger partial charge on any atom is -0.358 e. The van der Waals surface area contributed by atoms with Gasteiger partial charge in [0.25, 0.3) is 0 Å². The van der Waals surface area contributed by atoms with E-state index in [-0.39, 0.29) is 24.1 Å². The van der Waals surface area contributed by atoms with Gasteiger partial charge < -0.3 is 10.2 Å². The highest BCUT2D eigenvalue weighted by Crippen LogP contribution is 2.22. The molecule has 0 saturated carbocycles. The number of nitrogens with one attached hydrogen (secondary N) is 2. The molecule has 1 amide bonds. The molecule has 0 saturated heterocycles. The number of amidine groups is 1. The molecular weight excluding hydrogens is 209 g/mol. The molecular formula is C11H12FN3O. The Labute approximate surface area is 92.6 Å². The number of nitrogens with zero attached hydrogens (tertiary/aromatic N) is 1. The first-order valence-electron chi connectivity index (χ1n) is 4.94. The van der Waals surface area contributed by atoms with Gasteiger partial charge in [-0.1, -0.05) is 6.07 Å². The number of rotatable bonds is 2. The van der Waals surface area contributed by atoms with E-state index in [1.165, 1.54) is 12.1 Å². The van der Waals surface area contributed by atoms with Gasteiger partial charge in [0, 0.05) is 19.2 Å². The van der Waals surface area contributed by atoms with Crippen LogP contribution in [0.15, 0.2) is 18.2 Å². The van der Waals surface area contributed by atoms with Gasteiger partial charge in [-0.2, -0.15) is 0 Å². The number of halogens is 1. The first-order valence-corrected chi connectivity index (χ1v) is 4.94. The maximum atomic E-state index is 13.0. The van der Waals surface area contributed by atoms with Gasteiger partial charge in [-0.05, 0) is 17.7 Å². The summed E-state index contributed by atoms with van der Waals surface area (Å²) in [6.45, 7) is 0.619. The van der Waals surface area contributed by atoms with Crippen LogP contribution in [0.3, 0.4) is 0 Å². The van der Waals surface area contributed by atoms with E-state index < -0.39 is 0 Å². The topological polar surface area (TPSA) is 56.2 Å². The molecule has 1 aliphatic heterocycles. The van der Waals surface area contributed by atoms with Crippen molar-refractivity contribution in [2.24, 2.45) is 0 Å². The standard InChI is InChI=1S/C11H12FN3O/c1-14-10(16)6-15-5-7-2-3-8(12)4-9(7)11(15)13/h2-4,13H,5-6H2,1H3,(H,14,16). The smallest absolute Gasteiger partial charge is 0.239 e. The van der Waals surface area contributed by atoms with Crippen LogP contribution in [0, 0.1) is 11.2 Å². The molecule has 5 heteroatoms. The van der Waals surface area contributed by atoms with E-state index >= 15 is 0 Å². The molecule has 4 nitrogen and oxygen atoms in total. The Kier molecular flexibility index (Phi) is 2.60. The van der Waals surface area contributed by atoms with Crippen LogP contribution < -0.4 is 5.32 Å². The summed E-state index contributed by atoms with van der Waals surface area (Å²) in [4.78, 5) is 12.8. The average molecular weight is 221 g/mol. The van der Waals surface area contributed by atoms with Crippen LogP contribution in [0.2, 0.25) is 0 Å². The molecule has 16 heavy (non-hydrogen) atoms. The molecule has 0 unspecified atom stereocenters. The third kappa shape index (κ3) is 1.76. The van der Waals surface area contributed by atoms with Gasteiger partial charge in [-0.3, -0.25) is 10.2 Å². The van der Waals surface area contributed by atoms with Crippen LogP contribution in [-0.2, 0) is 11.3 Å². The van der Waals surface area contributed by atoms with E-state index in [1.54, 1.807) is 18.0 Å². The second-order valence-electron chi connectivity index (χ2n) is 3.68. The Balaban J connectivity index is 2.21. The Morgan fingerprint density at radius 2 is 2.38 bits per heavy atom. The Morgan fingerprint density at radius 3 is 3.06 bits per heavy atom. The summed E-state index contributed by atoms with van der Waals surface area (Å²) >= 11 is 0. The normalized spacial score (nSPS) is 13.9. The predicted molar refractivity (Wildman–Crippen MR) is 57.7 cm³/mol. The van der Waals surface area contributed by atoms with Crippen molar-refractivity contribution >= 4 is 11.7 Å². The molecule has 0 fully saturated rings. The maximum Gasteiger partial charge on any atom is 0.239 e. The van der Waals surface area contributed by atoms with Crippen molar-refractivity contribution in [3.05, 3.63) is 35.1 Å². The molecule has 0 spiro atoms. The Hall–Kier alpha value is -1.91. The van der Waals surface area contributed by atoms with Crippen molar-refractivity contribution in [1.29, 1.82) is 5.41 Å². The zero-order valence-electron chi connectivity index (χ0n) is 8.88. The van der Waals surface area contributed by atoms with Crippen LogP contribution in [0.1, 0.15) is 11.1 Å². The minimum absolute atomic E-state index is 0.131. The van der Waals surface area contributed by atoms with Crippen molar-refractivity contribution in [3.63, 3.8) is 0 Å². The molecule has 0 atom stereocenters. The van der Waals surface area contributed by atoms with Crippen LogP contribution >= 0.6 is 0 Å². The third-order valence-electron chi connectivity index (χ3n) is 2.62. The summed E-state index contributed by atoms with van der Waals surface area (Å²) in [5.74, 6) is -0.304. The zero-order chi connectivity index (χ0) is 11.7. The van der Waals surface area contributed by atoms with Crippen molar-refractivity contribution in [1.82, 2.24) is 10.2 Å². The van der Waals surface area contributed by atoms with Gasteiger partial charge >= 0.3 is 0 Å². The third-order valence-corrected chi connectivity index (χ3v) is 2.62. The molecule has 2 rings (SSSR count). The quantitative estimate of drug-likeness (QED) is 0.772. The summed E-state index contributed by atoms with van der Waals surface area (Å²) in [6, 6.07) is 4.36. The first-order chi connectivity index (χ1) is 7.61. The van der Waals surface area contributed by atoms with Crippen LogP contribution in [0.25, 0.3) is 0 Å². The van der Waals surface area contributed by atoms with Gasteiger partial charge in [0.1, 0.15) is 11.7 Å². The highest BCUT2D eigenvalue weighted by atomic mass is 19.1. The molecule has 0 aromatic heterocycles. The van der Waals surface area contributed by atoms with Gasteiger partial charge in [0.2, 0.25) is 5.91 Å². The van der Waals surface area contributed by atoms with E-state index in [9.17, 15) is 9.18 Å². The summed E-state index contributed by atoms with van der Waals surface area (Å²) in [5.41, 5.74) is 1.46. The van der Waals surface area contributed by atoms with Gasteiger partial charge in [-0.15, -0.1) is 0 Å². The molecule has 0 radical (unpaired) electrons. The summed E-state index contributed by atoms with van der Waals surface area (Å²) in [7, 11) is 1.55. The minimum atomic E-state index is -0.356. The fourth-order valence-electron chi connectivity index (χ4n) is 1.75. The molecule has 1 aromatic rings. The molecule has 84 valence electrons. The Bertz CT molecular complexity index is 459. The lowest BCUT2D eigenvalue weighted by Gasteiger charge is -2.16. The highest BCUT2D eigenvalue weighted by Gasteiger charge is 2.25. The number of amides is 1. The van der Waals surface area contributed by atoms with Crippen LogP contribution in [-0.4, -0.2) is 30.2 Å². The summed E-state index contributed by atoms with van der Waals surface area (Å²) in [6.07, 6.45) is 0. The zero-order valence-corrected chi connectivity index (χ0v) is 8.88. The van der Waals surface area contributed by atoms with E-state index in [2.05, 4.69) is 5.32 Å². The monoisotopic (exact) mass is 221 g/mol. The molecule has 1 aliphatic rings. The number of likely N-dealkylation sites (N-methyl/N-ethyl adjacent to an activating group) is 1. The van der Waals surface area contributed by atoms with Gasteiger partial charge in [0.15, 0.2) is 0 Å². The van der Waals surface area contributed by atoms with Crippen molar-refractivity contribution in [2.45, 2.75) is 6.54 Å². The van der Waals surface area contributed by atoms with E-state index in [1.807, 2.05) is 0 Å². The molecule has 1 aromatic carbocycles. The Morgan fingerprint density at radius 1 is 1.62 bits per heavy atom. The number of hydrogen-bond acceptors (Lipinski definition) is 2. The lowest BCUT2D eigenvalue weighted by molar-refractivity contribution is -0.121. The lowest BCUT2D eigenvalue weighted by atomic mass is 10.1. The summed E-state index contributed by atoms with van der Waals surface area (Å²) in [5, 5.41) is 10.3. The largest absolute Gasteiger partial charge is 0.358 e. The van der Waals surface area contributed by atoms with Gasteiger partial charge in [-0.25, -0.2) is 4.39 Å². The van der Waals surface area contributed by atoms with E-state index in [0.717, 1.165) is 5.56 Å². The number of carbonyl (C=O) groups excluding carboxylic acids is 1. The molecule has 0 aliphatic carbocycles. The van der Waals surface area contributed by atoms with Crippen LogP contribution in [0.5, 0.6) is 0 Å². The fourth-order valence-corrected chi connectivity index (χ4v) is 1.75. The second kappa shape index (κ2) is 3.92. The molecule has 2 N–H and O–H groups in total. The second-order valence-corrected chi connectivity index (χ2v) is 3.68. The maximum absolute atomic E-state index is 13.0. The van der Waals surface area contributed by atoms with Crippen LogP contribution in [0.4, 0.5) is 4.39 Å². The number of hydrogen-bond donors (Lipinski definition) is 2. The highest BCUT2D eigenvalue weighted by molar-refractivity contribution is 6.01.